The van der Waals surface area contributed by atoms with E-state index in [1.54, 1.807) is 6.07 Å². The van der Waals surface area contributed by atoms with Gasteiger partial charge in [-0.05, 0) is 75.1 Å². The van der Waals surface area contributed by atoms with Crippen molar-refractivity contribution >= 4 is 17.8 Å². The number of ether oxygens (including phenoxy) is 1. The summed E-state index contributed by atoms with van der Waals surface area (Å²) in [5, 5.41) is 9.78. The van der Waals surface area contributed by atoms with E-state index in [0.29, 0.717) is 37.1 Å². The molecule has 1 atom stereocenters. The summed E-state index contributed by atoms with van der Waals surface area (Å²) < 4.78 is 11.5. The Kier molecular flexibility index (Phi) is 8.16. The van der Waals surface area contributed by atoms with Crippen LogP contribution in [0, 0.1) is 12.8 Å². The van der Waals surface area contributed by atoms with Gasteiger partial charge in [0.05, 0.1) is 6.61 Å². The maximum atomic E-state index is 12.6. The quantitative estimate of drug-likeness (QED) is 0.535. The number of nitrogens with one attached hydrogen (secondary N) is 2. The predicted octanol–water partition coefficient (Wildman–Crippen LogP) is 3.76. The SMILES string of the molecule is Cc1cc(OCCCC2CCN(c3nc(C(C)(C)C)no3)CC2)ccc1C(=O)NC1CCCNC1=O. The number of amides is 2. The fraction of sp³-hybridized carbons (Fsp3) is 0.630. The molecule has 196 valence electrons. The Morgan fingerprint density at radius 3 is 2.69 bits per heavy atom. The van der Waals surface area contributed by atoms with Crippen molar-refractivity contribution in [2.45, 2.75) is 77.7 Å². The van der Waals surface area contributed by atoms with Crippen molar-refractivity contribution in [2.24, 2.45) is 5.92 Å². The molecule has 9 heteroatoms. The molecule has 2 fully saturated rings. The summed E-state index contributed by atoms with van der Waals surface area (Å²) in [6.45, 7) is 11.3. The number of anilines is 1. The average molecular weight is 498 g/mol. The van der Waals surface area contributed by atoms with Gasteiger partial charge in [-0.1, -0.05) is 25.9 Å². The molecule has 4 rings (SSSR count). The fourth-order valence-corrected chi connectivity index (χ4v) is 4.75. The number of aryl methyl sites for hydroxylation is 1. The number of rotatable bonds is 8. The Bertz CT molecular complexity index is 1050. The molecule has 0 aliphatic carbocycles. The molecule has 2 aromatic rings. The van der Waals surface area contributed by atoms with Gasteiger partial charge in [0.25, 0.3) is 5.91 Å². The first kappa shape index (κ1) is 26.0. The third-order valence-electron chi connectivity index (χ3n) is 7.03. The summed E-state index contributed by atoms with van der Waals surface area (Å²) >= 11 is 0. The number of nitrogens with zero attached hydrogens (tertiary/aromatic N) is 3. The van der Waals surface area contributed by atoms with Crippen molar-refractivity contribution in [3.8, 4) is 5.75 Å². The largest absolute Gasteiger partial charge is 0.494 e. The molecule has 2 amide bonds. The lowest BCUT2D eigenvalue weighted by atomic mass is 9.92. The molecule has 36 heavy (non-hydrogen) atoms. The molecule has 1 aromatic heterocycles. The van der Waals surface area contributed by atoms with Crippen LogP contribution >= 0.6 is 0 Å². The predicted molar refractivity (Wildman–Crippen MR) is 137 cm³/mol. The Labute approximate surface area is 213 Å². The van der Waals surface area contributed by atoms with E-state index in [1.165, 1.54) is 0 Å². The molecular weight excluding hydrogens is 458 g/mol. The summed E-state index contributed by atoms with van der Waals surface area (Å²) in [6, 6.07) is 5.68. The first-order chi connectivity index (χ1) is 17.2. The molecule has 0 spiro atoms. The lowest BCUT2D eigenvalue weighted by Gasteiger charge is -2.30. The topological polar surface area (TPSA) is 110 Å². The first-order valence-corrected chi connectivity index (χ1v) is 13.1. The van der Waals surface area contributed by atoms with Crippen LogP contribution in [0.2, 0.25) is 0 Å². The van der Waals surface area contributed by atoms with Crippen LogP contribution in [0.5, 0.6) is 5.75 Å². The molecule has 0 radical (unpaired) electrons. The summed E-state index contributed by atoms with van der Waals surface area (Å²) in [6.07, 6.45) is 5.86. The van der Waals surface area contributed by atoms with Gasteiger partial charge in [-0.2, -0.15) is 4.98 Å². The standard InChI is InChI=1S/C27H39N5O4/c1-18-17-20(9-10-21(18)23(33)29-22-8-5-13-28-24(22)34)35-16-6-7-19-11-14-32(15-12-19)26-30-25(31-36-26)27(2,3)4/h9-10,17,19,22H,5-8,11-16H2,1-4H3,(H,28,34)(H,29,33). The van der Waals surface area contributed by atoms with E-state index in [9.17, 15) is 9.59 Å². The highest BCUT2D eigenvalue weighted by Gasteiger charge is 2.27. The Hall–Kier alpha value is -3.10. The van der Waals surface area contributed by atoms with Gasteiger partial charge >= 0.3 is 6.01 Å². The fourth-order valence-electron chi connectivity index (χ4n) is 4.75. The Morgan fingerprint density at radius 2 is 2.03 bits per heavy atom. The van der Waals surface area contributed by atoms with Crippen LogP contribution in [0.15, 0.2) is 22.7 Å². The number of carbonyl (C=O) groups excluding carboxylic acids is 2. The third-order valence-corrected chi connectivity index (χ3v) is 7.03. The minimum absolute atomic E-state index is 0.109. The minimum atomic E-state index is -0.457. The summed E-state index contributed by atoms with van der Waals surface area (Å²) in [7, 11) is 0. The molecular formula is C27H39N5O4. The summed E-state index contributed by atoms with van der Waals surface area (Å²) in [5.74, 6) is 1.85. The van der Waals surface area contributed by atoms with E-state index in [-0.39, 0.29) is 17.2 Å². The van der Waals surface area contributed by atoms with Crippen LogP contribution in [-0.2, 0) is 10.2 Å². The molecule has 2 saturated heterocycles. The van der Waals surface area contributed by atoms with Crippen LogP contribution in [0.1, 0.15) is 81.0 Å². The van der Waals surface area contributed by atoms with Crippen LogP contribution < -0.4 is 20.3 Å². The van der Waals surface area contributed by atoms with Crippen molar-refractivity contribution in [3.63, 3.8) is 0 Å². The maximum absolute atomic E-state index is 12.6. The van der Waals surface area contributed by atoms with E-state index in [2.05, 4.69) is 46.4 Å². The molecule has 2 aliphatic heterocycles. The highest BCUT2D eigenvalue weighted by atomic mass is 16.5. The van der Waals surface area contributed by atoms with Gasteiger partial charge in [-0.15, -0.1) is 0 Å². The summed E-state index contributed by atoms with van der Waals surface area (Å²) in [4.78, 5) is 31.3. The maximum Gasteiger partial charge on any atom is 0.324 e. The minimum Gasteiger partial charge on any atom is -0.494 e. The molecule has 3 heterocycles. The zero-order valence-electron chi connectivity index (χ0n) is 21.9. The van der Waals surface area contributed by atoms with E-state index >= 15 is 0 Å². The van der Waals surface area contributed by atoms with Gasteiger partial charge in [0.1, 0.15) is 11.8 Å². The van der Waals surface area contributed by atoms with E-state index < -0.39 is 6.04 Å². The van der Waals surface area contributed by atoms with Gasteiger partial charge in [0, 0.05) is 30.6 Å². The van der Waals surface area contributed by atoms with Gasteiger partial charge < -0.3 is 24.8 Å². The molecule has 0 saturated carbocycles. The highest BCUT2D eigenvalue weighted by Crippen LogP contribution is 2.27. The van der Waals surface area contributed by atoms with Crippen LogP contribution in [0.3, 0.4) is 0 Å². The molecule has 2 N–H and O–H groups in total. The van der Waals surface area contributed by atoms with E-state index in [0.717, 1.165) is 62.3 Å². The molecule has 1 aromatic carbocycles. The van der Waals surface area contributed by atoms with Crippen LogP contribution in [0.25, 0.3) is 0 Å². The number of hydrogen-bond acceptors (Lipinski definition) is 7. The summed E-state index contributed by atoms with van der Waals surface area (Å²) in [5.41, 5.74) is 1.30. The lowest BCUT2D eigenvalue weighted by molar-refractivity contribution is -0.124. The molecule has 9 nitrogen and oxygen atoms in total. The van der Waals surface area contributed by atoms with Gasteiger partial charge in [0.2, 0.25) is 5.91 Å². The van der Waals surface area contributed by atoms with Gasteiger partial charge in [-0.25, -0.2) is 0 Å². The third kappa shape index (κ3) is 6.56. The second-order valence-electron chi connectivity index (χ2n) is 11.0. The van der Waals surface area contributed by atoms with Crippen molar-refractivity contribution in [1.29, 1.82) is 0 Å². The molecule has 0 bridgehead atoms. The van der Waals surface area contributed by atoms with Crippen molar-refractivity contribution in [1.82, 2.24) is 20.8 Å². The number of hydrogen-bond donors (Lipinski definition) is 2. The zero-order chi connectivity index (χ0) is 25.7. The second kappa shape index (κ2) is 11.3. The van der Waals surface area contributed by atoms with E-state index in [4.69, 9.17) is 9.26 Å². The van der Waals surface area contributed by atoms with Gasteiger partial charge in [-0.3, -0.25) is 9.59 Å². The van der Waals surface area contributed by atoms with Crippen molar-refractivity contribution in [3.05, 3.63) is 35.2 Å². The number of carbonyl (C=O) groups is 2. The smallest absolute Gasteiger partial charge is 0.324 e. The zero-order valence-corrected chi connectivity index (χ0v) is 21.9. The van der Waals surface area contributed by atoms with Gasteiger partial charge in [0.15, 0.2) is 5.82 Å². The number of aromatic nitrogens is 2. The molecule has 2 aliphatic rings. The van der Waals surface area contributed by atoms with Crippen LogP contribution in [0.4, 0.5) is 6.01 Å². The van der Waals surface area contributed by atoms with E-state index in [1.807, 2.05) is 19.1 Å². The number of piperidine rings is 2. The number of benzene rings is 1. The van der Waals surface area contributed by atoms with Crippen molar-refractivity contribution < 1.29 is 18.8 Å². The van der Waals surface area contributed by atoms with Crippen LogP contribution in [-0.4, -0.2) is 54.2 Å². The average Bonchev–Trinajstić information content (AvgIpc) is 3.35. The Balaban J connectivity index is 1.17. The normalized spacial score (nSPS) is 19.2. The first-order valence-electron chi connectivity index (χ1n) is 13.1. The lowest BCUT2D eigenvalue weighted by Crippen LogP contribution is -2.50. The Morgan fingerprint density at radius 1 is 1.25 bits per heavy atom. The highest BCUT2D eigenvalue weighted by molar-refractivity contribution is 5.98. The van der Waals surface area contributed by atoms with Crippen molar-refractivity contribution in [2.75, 3.05) is 31.1 Å². The molecule has 1 unspecified atom stereocenters. The monoisotopic (exact) mass is 497 g/mol. The second-order valence-corrected chi connectivity index (χ2v) is 11.0.